The highest BCUT2D eigenvalue weighted by Gasteiger charge is 2.20. The number of hydrogen-bond acceptors (Lipinski definition) is 2. The molecule has 0 saturated carbocycles. The van der Waals surface area contributed by atoms with Crippen LogP contribution in [0.2, 0.25) is 10.0 Å². The molecule has 4 nitrogen and oxygen atoms in total. The number of aromatic nitrogens is 2. The standard InChI is InChI=1S/C16H8Cl2F2N2O2/c17-7-3-1-5-9-11(7)13(19)15(21-9)23-24-16-14(20)12-8(18)4-2-6-10(12)22-16/h1-6,21-22H. The number of H-pyrrole nitrogens is 2. The maximum Gasteiger partial charge on any atom is 0.285 e. The second-order valence-corrected chi connectivity index (χ2v) is 5.84. The first-order chi connectivity index (χ1) is 11.6. The Kier molecular flexibility index (Phi) is 3.51. The van der Waals surface area contributed by atoms with Gasteiger partial charge in [0.2, 0.25) is 0 Å². The maximum atomic E-state index is 14.3. The second-order valence-electron chi connectivity index (χ2n) is 5.03. The van der Waals surface area contributed by atoms with Gasteiger partial charge in [-0.15, -0.1) is 0 Å². The highest BCUT2D eigenvalue weighted by molar-refractivity contribution is 6.36. The number of benzene rings is 2. The lowest BCUT2D eigenvalue weighted by molar-refractivity contribution is -0.113. The molecule has 0 bridgehead atoms. The van der Waals surface area contributed by atoms with E-state index in [9.17, 15) is 8.78 Å². The molecule has 2 N–H and O–H groups in total. The van der Waals surface area contributed by atoms with E-state index in [2.05, 4.69) is 9.97 Å². The van der Waals surface area contributed by atoms with Crippen molar-refractivity contribution in [2.75, 3.05) is 0 Å². The zero-order valence-corrected chi connectivity index (χ0v) is 13.3. The molecule has 2 heterocycles. The minimum atomic E-state index is -0.731. The van der Waals surface area contributed by atoms with E-state index in [-0.39, 0.29) is 32.6 Å². The Morgan fingerprint density at radius 2 is 1.12 bits per heavy atom. The van der Waals surface area contributed by atoms with Crippen molar-refractivity contribution in [1.82, 2.24) is 9.97 Å². The third-order valence-corrected chi connectivity index (χ3v) is 4.20. The lowest BCUT2D eigenvalue weighted by atomic mass is 10.2. The molecule has 0 fully saturated rings. The topological polar surface area (TPSA) is 50.0 Å². The van der Waals surface area contributed by atoms with E-state index < -0.39 is 11.6 Å². The van der Waals surface area contributed by atoms with Crippen LogP contribution in [0.3, 0.4) is 0 Å². The first-order valence-electron chi connectivity index (χ1n) is 6.82. The van der Waals surface area contributed by atoms with Gasteiger partial charge in [0.25, 0.3) is 11.8 Å². The van der Waals surface area contributed by atoms with Crippen LogP contribution in [-0.4, -0.2) is 9.97 Å². The number of nitrogens with one attached hydrogen (secondary N) is 2. The molecule has 4 rings (SSSR count). The van der Waals surface area contributed by atoms with Gasteiger partial charge in [-0.3, -0.25) is 9.78 Å². The molecule has 122 valence electrons. The molecular weight excluding hydrogens is 361 g/mol. The van der Waals surface area contributed by atoms with E-state index in [1.54, 1.807) is 36.4 Å². The van der Waals surface area contributed by atoms with E-state index in [0.29, 0.717) is 11.0 Å². The van der Waals surface area contributed by atoms with Gasteiger partial charge in [0.15, 0.2) is 11.6 Å². The van der Waals surface area contributed by atoms with E-state index in [0.717, 1.165) is 0 Å². The zero-order chi connectivity index (χ0) is 16.8. The summed E-state index contributed by atoms with van der Waals surface area (Å²) in [6.45, 7) is 0. The number of aromatic amines is 2. The smallest absolute Gasteiger partial charge is 0.285 e. The molecule has 8 heteroatoms. The largest absolute Gasteiger partial charge is 0.319 e. The summed E-state index contributed by atoms with van der Waals surface area (Å²) >= 11 is 11.9. The molecule has 0 radical (unpaired) electrons. The van der Waals surface area contributed by atoms with Crippen LogP contribution in [0.4, 0.5) is 8.78 Å². The molecule has 0 unspecified atom stereocenters. The van der Waals surface area contributed by atoms with Gasteiger partial charge in [0, 0.05) is 0 Å². The fourth-order valence-electron chi connectivity index (χ4n) is 2.48. The number of rotatable bonds is 3. The Bertz CT molecular complexity index is 989. The summed E-state index contributed by atoms with van der Waals surface area (Å²) in [6.07, 6.45) is 0. The molecule has 0 aliphatic rings. The third kappa shape index (κ3) is 2.26. The molecule has 0 atom stereocenters. The van der Waals surface area contributed by atoms with Crippen molar-refractivity contribution in [3.63, 3.8) is 0 Å². The Morgan fingerprint density at radius 3 is 1.50 bits per heavy atom. The molecule has 0 amide bonds. The predicted octanol–water partition coefficient (Wildman–Crippen LogP) is 5.61. The van der Waals surface area contributed by atoms with E-state index in [1.807, 2.05) is 0 Å². The fourth-order valence-corrected chi connectivity index (χ4v) is 3.00. The van der Waals surface area contributed by atoms with Crippen molar-refractivity contribution >= 4 is 45.0 Å². The van der Waals surface area contributed by atoms with Crippen LogP contribution in [0.25, 0.3) is 21.8 Å². The van der Waals surface area contributed by atoms with Crippen LogP contribution in [0.5, 0.6) is 11.8 Å². The highest BCUT2D eigenvalue weighted by Crippen LogP contribution is 2.34. The average Bonchev–Trinajstić information content (AvgIpc) is 3.05. The van der Waals surface area contributed by atoms with Crippen LogP contribution in [0, 0.1) is 11.6 Å². The van der Waals surface area contributed by atoms with Gasteiger partial charge in [-0.25, -0.2) is 8.78 Å². The molecular formula is C16H8Cl2F2N2O2. The van der Waals surface area contributed by atoms with Crippen LogP contribution in [-0.2, 0) is 0 Å². The molecule has 2 aromatic heterocycles. The normalized spacial score (nSPS) is 11.3. The van der Waals surface area contributed by atoms with Crippen LogP contribution >= 0.6 is 23.2 Å². The van der Waals surface area contributed by atoms with Crippen LogP contribution in [0.15, 0.2) is 36.4 Å². The van der Waals surface area contributed by atoms with Crippen molar-refractivity contribution in [1.29, 1.82) is 0 Å². The zero-order valence-electron chi connectivity index (χ0n) is 11.8. The first kappa shape index (κ1) is 15.1. The van der Waals surface area contributed by atoms with Crippen molar-refractivity contribution < 1.29 is 18.6 Å². The molecule has 2 aromatic carbocycles. The SMILES string of the molecule is Fc1c(OOc2[nH]c3cccc(Cl)c3c2F)[nH]c2cccc(Cl)c12. The summed E-state index contributed by atoms with van der Waals surface area (Å²) in [5.41, 5.74) is 0.859. The minimum absolute atomic E-state index is 0.165. The van der Waals surface area contributed by atoms with Gasteiger partial charge < -0.3 is 9.97 Å². The molecule has 4 aromatic rings. The quantitative estimate of drug-likeness (QED) is 0.364. The number of halogens is 4. The molecule has 0 spiro atoms. The Hall–Kier alpha value is -2.44. The van der Waals surface area contributed by atoms with Gasteiger partial charge >= 0.3 is 0 Å². The van der Waals surface area contributed by atoms with Gasteiger partial charge in [-0.2, -0.15) is 0 Å². The van der Waals surface area contributed by atoms with Gasteiger partial charge in [-0.05, 0) is 24.3 Å². The third-order valence-electron chi connectivity index (χ3n) is 3.57. The Labute approximate surface area is 143 Å². The molecule has 0 aliphatic carbocycles. The maximum absolute atomic E-state index is 14.3. The summed E-state index contributed by atoms with van der Waals surface area (Å²) in [5.74, 6) is -2.10. The van der Waals surface area contributed by atoms with E-state index in [4.69, 9.17) is 33.0 Å². The summed E-state index contributed by atoms with van der Waals surface area (Å²) in [6, 6.07) is 9.66. The second kappa shape index (κ2) is 5.58. The summed E-state index contributed by atoms with van der Waals surface area (Å²) in [7, 11) is 0. The van der Waals surface area contributed by atoms with Gasteiger partial charge in [0.05, 0.1) is 31.9 Å². The molecule has 24 heavy (non-hydrogen) atoms. The van der Waals surface area contributed by atoms with Crippen LogP contribution < -0.4 is 9.78 Å². The van der Waals surface area contributed by atoms with Crippen molar-refractivity contribution in [3.05, 3.63) is 58.1 Å². The predicted molar refractivity (Wildman–Crippen MR) is 87.8 cm³/mol. The fraction of sp³-hybridized carbons (Fsp3) is 0. The summed E-state index contributed by atoms with van der Waals surface area (Å²) < 4.78 is 28.6. The Morgan fingerprint density at radius 1 is 0.708 bits per heavy atom. The lowest BCUT2D eigenvalue weighted by Crippen LogP contribution is -2.03. The minimum Gasteiger partial charge on any atom is -0.319 e. The van der Waals surface area contributed by atoms with Crippen molar-refractivity contribution in [2.45, 2.75) is 0 Å². The monoisotopic (exact) mass is 368 g/mol. The van der Waals surface area contributed by atoms with E-state index >= 15 is 0 Å². The van der Waals surface area contributed by atoms with Gasteiger partial charge in [-0.1, -0.05) is 35.3 Å². The first-order valence-corrected chi connectivity index (χ1v) is 7.57. The average molecular weight is 369 g/mol. The summed E-state index contributed by atoms with van der Waals surface area (Å²) in [5, 5.41) is 0.773. The van der Waals surface area contributed by atoms with E-state index in [1.165, 1.54) is 0 Å². The highest BCUT2D eigenvalue weighted by atomic mass is 35.5. The van der Waals surface area contributed by atoms with Crippen LogP contribution in [0.1, 0.15) is 0 Å². The number of fused-ring (bicyclic) bond motifs is 2. The Balaban J connectivity index is 1.69. The summed E-state index contributed by atoms with van der Waals surface area (Å²) in [4.78, 5) is 15.2. The number of hydrogen-bond donors (Lipinski definition) is 2. The molecule has 0 aliphatic heterocycles. The lowest BCUT2D eigenvalue weighted by Gasteiger charge is -2.01. The molecule has 0 saturated heterocycles. The van der Waals surface area contributed by atoms with Crippen molar-refractivity contribution in [3.8, 4) is 11.8 Å². The van der Waals surface area contributed by atoms with Gasteiger partial charge in [0.1, 0.15) is 0 Å². The van der Waals surface area contributed by atoms with Crippen molar-refractivity contribution in [2.24, 2.45) is 0 Å².